The average Bonchev–Trinajstić information content (AvgIpc) is 3.26. The molecular weight excluding hydrogens is 376 g/mol. The van der Waals surface area contributed by atoms with E-state index in [-0.39, 0.29) is 5.91 Å². The third kappa shape index (κ3) is 4.56. The number of aryl methyl sites for hydroxylation is 1. The molecule has 0 aliphatic rings. The van der Waals surface area contributed by atoms with Crippen molar-refractivity contribution in [2.75, 3.05) is 19.4 Å². The van der Waals surface area contributed by atoms with Gasteiger partial charge < -0.3 is 18.6 Å². The van der Waals surface area contributed by atoms with Crippen LogP contribution in [0.4, 0.5) is 0 Å². The van der Waals surface area contributed by atoms with Crippen LogP contribution in [0.3, 0.4) is 0 Å². The minimum atomic E-state index is 0.0305. The highest BCUT2D eigenvalue weighted by atomic mass is 32.2. The lowest BCUT2D eigenvalue weighted by atomic mass is 10.2. The molecule has 0 saturated heterocycles. The van der Waals surface area contributed by atoms with Crippen molar-refractivity contribution in [2.45, 2.75) is 25.5 Å². The molecule has 8 heteroatoms. The fourth-order valence-corrected chi connectivity index (χ4v) is 3.60. The van der Waals surface area contributed by atoms with Gasteiger partial charge in [0, 0.05) is 20.6 Å². The van der Waals surface area contributed by atoms with Crippen molar-refractivity contribution in [2.24, 2.45) is 7.05 Å². The number of carbonyl (C=O) groups excluding carboxylic acids is 1. The highest BCUT2D eigenvalue weighted by molar-refractivity contribution is 7.99. The van der Waals surface area contributed by atoms with Gasteiger partial charge in [0.1, 0.15) is 11.5 Å². The van der Waals surface area contributed by atoms with Crippen molar-refractivity contribution in [3.8, 4) is 17.1 Å². The van der Waals surface area contributed by atoms with Gasteiger partial charge in [-0.25, -0.2) is 0 Å². The predicted molar refractivity (Wildman–Crippen MR) is 108 cm³/mol. The van der Waals surface area contributed by atoms with Crippen LogP contribution in [0, 0.1) is 6.92 Å². The van der Waals surface area contributed by atoms with Gasteiger partial charge in [-0.05, 0) is 37.6 Å². The van der Waals surface area contributed by atoms with Gasteiger partial charge in [-0.15, -0.1) is 10.2 Å². The lowest BCUT2D eigenvalue weighted by molar-refractivity contribution is -0.127. The zero-order valence-electron chi connectivity index (χ0n) is 16.5. The summed E-state index contributed by atoms with van der Waals surface area (Å²) >= 11 is 1.37. The molecule has 2 heterocycles. The lowest BCUT2D eigenvalue weighted by Crippen LogP contribution is -2.27. The van der Waals surface area contributed by atoms with E-state index in [0.717, 1.165) is 28.5 Å². The molecule has 1 amide bonds. The van der Waals surface area contributed by atoms with E-state index in [9.17, 15) is 4.79 Å². The molecule has 0 aliphatic heterocycles. The van der Waals surface area contributed by atoms with Crippen LogP contribution in [0.2, 0.25) is 0 Å². The minimum absolute atomic E-state index is 0.0305. The average molecular weight is 401 g/mol. The number of hydrogen-bond donors (Lipinski definition) is 0. The van der Waals surface area contributed by atoms with Gasteiger partial charge in [0.25, 0.3) is 0 Å². The minimum Gasteiger partial charge on any atom is -0.494 e. The van der Waals surface area contributed by atoms with E-state index in [0.29, 0.717) is 24.1 Å². The Kier molecular flexibility index (Phi) is 6.41. The van der Waals surface area contributed by atoms with Gasteiger partial charge in [0.15, 0.2) is 11.0 Å². The van der Waals surface area contributed by atoms with Crippen LogP contribution in [0.15, 0.2) is 46.2 Å². The van der Waals surface area contributed by atoms with Gasteiger partial charge >= 0.3 is 0 Å². The fourth-order valence-electron chi connectivity index (χ4n) is 2.75. The van der Waals surface area contributed by atoms with Gasteiger partial charge in [0.2, 0.25) is 5.91 Å². The van der Waals surface area contributed by atoms with Crippen molar-refractivity contribution < 1.29 is 13.9 Å². The Morgan fingerprint density at radius 3 is 2.64 bits per heavy atom. The number of hydrogen-bond acceptors (Lipinski definition) is 6. The summed E-state index contributed by atoms with van der Waals surface area (Å²) in [6.45, 7) is 5.02. The summed E-state index contributed by atoms with van der Waals surface area (Å²) in [7, 11) is 3.69. The maximum absolute atomic E-state index is 12.5. The quantitative estimate of drug-likeness (QED) is 0.539. The maximum atomic E-state index is 12.5. The summed E-state index contributed by atoms with van der Waals surface area (Å²) < 4.78 is 12.7. The Labute approximate surface area is 168 Å². The number of aromatic nitrogens is 3. The second-order valence-electron chi connectivity index (χ2n) is 6.37. The number of carbonyl (C=O) groups is 1. The second kappa shape index (κ2) is 8.97. The Bertz CT molecular complexity index is 933. The number of rotatable bonds is 8. The van der Waals surface area contributed by atoms with Crippen LogP contribution in [0.1, 0.15) is 18.2 Å². The molecule has 0 radical (unpaired) electrons. The first kappa shape index (κ1) is 20.0. The Hall–Kier alpha value is -2.74. The number of thioether (sulfide) groups is 1. The zero-order valence-corrected chi connectivity index (χ0v) is 17.3. The van der Waals surface area contributed by atoms with Crippen molar-refractivity contribution >= 4 is 17.7 Å². The van der Waals surface area contributed by atoms with Crippen LogP contribution in [0.25, 0.3) is 11.4 Å². The third-order valence-corrected chi connectivity index (χ3v) is 5.34. The largest absolute Gasteiger partial charge is 0.494 e. The molecule has 1 aromatic carbocycles. The van der Waals surface area contributed by atoms with Crippen molar-refractivity contribution in [3.63, 3.8) is 0 Å². The van der Waals surface area contributed by atoms with E-state index in [4.69, 9.17) is 9.15 Å². The van der Waals surface area contributed by atoms with Crippen LogP contribution in [-0.4, -0.2) is 45.0 Å². The first-order valence-corrected chi connectivity index (χ1v) is 10.0. The van der Waals surface area contributed by atoms with E-state index < -0.39 is 0 Å². The molecule has 0 atom stereocenters. The molecule has 0 fully saturated rings. The van der Waals surface area contributed by atoms with Crippen LogP contribution >= 0.6 is 11.8 Å². The Morgan fingerprint density at radius 2 is 2.00 bits per heavy atom. The SMILES string of the molecule is CCOc1ccc(CN(C)C(=O)CSc2nnc(-c3ccoc3C)n2C)cc1. The molecule has 2 aromatic heterocycles. The highest BCUT2D eigenvalue weighted by Gasteiger charge is 2.17. The van der Waals surface area contributed by atoms with E-state index >= 15 is 0 Å². The molecule has 7 nitrogen and oxygen atoms in total. The second-order valence-corrected chi connectivity index (χ2v) is 7.31. The molecule has 3 aromatic rings. The maximum Gasteiger partial charge on any atom is 0.233 e. The number of furan rings is 1. The lowest BCUT2D eigenvalue weighted by Gasteiger charge is -2.17. The number of nitrogens with zero attached hydrogens (tertiary/aromatic N) is 4. The smallest absolute Gasteiger partial charge is 0.233 e. The molecular formula is C20H24N4O3S. The summed E-state index contributed by atoms with van der Waals surface area (Å²) in [6.07, 6.45) is 1.63. The number of ether oxygens (including phenoxy) is 1. The number of benzene rings is 1. The third-order valence-electron chi connectivity index (χ3n) is 4.34. The van der Waals surface area contributed by atoms with Crippen molar-refractivity contribution in [3.05, 3.63) is 47.9 Å². The summed E-state index contributed by atoms with van der Waals surface area (Å²) in [4.78, 5) is 14.2. The topological polar surface area (TPSA) is 73.4 Å². The van der Waals surface area contributed by atoms with E-state index in [1.165, 1.54) is 11.8 Å². The molecule has 0 N–H and O–H groups in total. The van der Waals surface area contributed by atoms with Gasteiger partial charge in [-0.2, -0.15) is 0 Å². The molecule has 0 aliphatic carbocycles. The first-order valence-electron chi connectivity index (χ1n) is 9.02. The van der Waals surface area contributed by atoms with Crippen LogP contribution < -0.4 is 4.74 Å². The molecule has 0 saturated carbocycles. The molecule has 0 bridgehead atoms. The molecule has 0 spiro atoms. The summed E-state index contributed by atoms with van der Waals surface area (Å²) in [6, 6.07) is 9.66. The fraction of sp³-hybridized carbons (Fsp3) is 0.350. The number of amides is 1. The van der Waals surface area contributed by atoms with Crippen LogP contribution in [0.5, 0.6) is 5.75 Å². The predicted octanol–water partition coefficient (Wildman–Crippen LogP) is 3.53. The molecule has 148 valence electrons. The van der Waals surface area contributed by atoms with Crippen LogP contribution in [-0.2, 0) is 18.4 Å². The normalized spacial score (nSPS) is 10.9. The zero-order chi connectivity index (χ0) is 20.1. The molecule has 0 unspecified atom stereocenters. The summed E-state index contributed by atoms with van der Waals surface area (Å²) in [5.41, 5.74) is 1.96. The standard InChI is InChI=1S/C20H24N4O3S/c1-5-26-16-8-6-15(7-9-16)12-23(3)18(25)13-28-20-22-21-19(24(20)4)17-10-11-27-14(17)2/h6-11H,5,12-13H2,1-4H3. The van der Waals surface area contributed by atoms with Gasteiger partial charge in [-0.1, -0.05) is 23.9 Å². The Morgan fingerprint density at radius 1 is 1.25 bits per heavy atom. The van der Waals surface area contributed by atoms with Crippen molar-refractivity contribution in [1.82, 2.24) is 19.7 Å². The van der Waals surface area contributed by atoms with E-state index in [1.54, 1.807) is 18.2 Å². The summed E-state index contributed by atoms with van der Waals surface area (Å²) in [5, 5.41) is 9.13. The monoisotopic (exact) mass is 400 g/mol. The highest BCUT2D eigenvalue weighted by Crippen LogP contribution is 2.26. The van der Waals surface area contributed by atoms with Gasteiger partial charge in [0.05, 0.1) is 24.2 Å². The summed E-state index contributed by atoms with van der Waals surface area (Å²) in [5.74, 6) is 2.68. The first-order chi connectivity index (χ1) is 13.5. The van der Waals surface area contributed by atoms with Crippen molar-refractivity contribution in [1.29, 1.82) is 0 Å². The molecule has 3 rings (SSSR count). The van der Waals surface area contributed by atoms with Gasteiger partial charge in [-0.3, -0.25) is 4.79 Å². The van der Waals surface area contributed by atoms with E-state index in [2.05, 4.69) is 10.2 Å². The van der Waals surface area contributed by atoms with E-state index in [1.807, 2.05) is 55.8 Å². The molecule has 28 heavy (non-hydrogen) atoms. The Balaban J connectivity index is 1.56.